The van der Waals surface area contributed by atoms with Crippen LogP contribution in [0.25, 0.3) is 0 Å². The zero-order valence-corrected chi connectivity index (χ0v) is 30.4. The van der Waals surface area contributed by atoms with E-state index in [4.69, 9.17) is 4.74 Å². The second-order valence-corrected chi connectivity index (χ2v) is 14.2. The van der Waals surface area contributed by atoms with Crippen molar-refractivity contribution < 1.29 is 42.7 Å². The van der Waals surface area contributed by atoms with Crippen LogP contribution in [0.2, 0.25) is 0 Å². The molecule has 14 nitrogen and oxygen atoms in total. The first-order valence-electron chi connectivity index (χ1n) is 18.4. The molecule has 5 rings (SSSR count). The molecule has 4 aliphatic rings. The zero-order valence-electron chi connectivity index (χ0n) is 30.4. The molecule has 3 fully saturated rings. The van der Waals surface area contributed by atoms with Crippen molar-refractivity contribution in [1.29, 1.82) is 0 Å². The quantitative estimate of drug-likeness (QED) is 0.212. The molecule has 7 atom stereocenters. The van der Waals surface area contributed by atoms with Crippen molar-refractivity contribution in [3.8, 4) is 0 Å². The van der Waals surface area contributed by atoms with Crippen molar-refractivity contribution in [2.24, 2.45) is 5.92 Å². The van der Waals surface area contributed by atoms with E-state index in [0.717, 1.165) is 19.3 Å². The molecule has 0 radical (unpaired) electrons. The first-order chi connectivity index (χ1) is 25.3. The first kappa shape index (κ1) is 39.1. The van der Waals surface area contributed by atoms with Crippen LogP contribution in [-0.4, -0.2) is 119 Å². The number of hydrogen-bond donors (Lipinski definition) is 3. The number of nitrogens with one attached hydrogen (secondary N) is 3. The maximum atomic E-state index is 14.8. The third kappa shape index (κ3) is 9.48. The van der Waals surface area contributed by atoms with Gasteiger partial charge in [0.1, 0.15) is 48.7 Å². The van der Waals surface area contributed by atoms with Crippen LogP contribution >= 0.6 is 0 Å². The molecule has 15 heteroatoms. The largest absolute Gasteiger partial charge is 0.461 e. The maximum Gasteiger partial charge on any atom is 0.328 e. The number of carbonyl (C=O) groups is 7. The number of allylic oxidation sites excluding steroid dienone is 3. The second-order valence-electron chi connectivity index (χ2n) is 14.2. The SMILES string of the molecule is C[C@@H]1NC(=O)[C@H](C)N(C)C(=O)[C@@H]2CCCN2C(=O)[C@@H](NC(=O)[C@H](Cc2ccccc2F)NC(=O)C=CC2CC=CCC2)COC(=O)[C@@H]2CCCN2C1=O. The Hall–Kier alpha value is -5.08. The number of amides is 6. The Bertz CT molecular complexity index is 1650. The van der Waals surface area contributed by atoms with Crippen LogP contribution in [0.1, 0.15) is 64.4 Å². The lowest BCUT2D eigenvalue weighted by Crippen LogP contribution is -2.60. The van der Waals surface area contributed by atoms with Gasteiger partial charge in [0, 0.05) is 26.6 Å². The van der Waals surface area contributed by atoms with Gasteiger partial charge in [0.15, 0.2) is 0 Å². The molecule has 1 aliphatic carbocycles. The predicted molar refractivity (Wildman–Crippen MR) is 190 cm³/mol. The summed E-state index contributed by atoms with van der Waals surface area (Å²) in [5.41, 5.74) is 0.150. The minimum absolute atomic E-state index is 0.150. The summed E-state index contributed by atoms with van der Waals surface area (Å²) < 4.78 is 20.5. The predicted octanol–water partition coefficient (Wildman–Crippen LogP) is 1.14. The maximum absolute atomic E-state index is 14.8. The Kier molecular flexibility index (Phi) is 13.0. The number of fused-ring (bicyclic) bond motifs is 2. The molecule has 0 saturated carbocycles. The molecule has 0 bridgehead atoms. The number of ether oxygens (including phenoxy) is 1. The highest BCUT2D eigenvalue weighted by Gasteiger charge is 2.43. The topological polar surface area (TPSA) is 175 Å². The van der Waals surface area contributed by atoms with Gasteiger partial charge in [-0.15, -0.1) is 0 Å². The molecule has 1 aromatic rings. The molecule has 0 spiro atoms. The van der Waals surface area contributed by atoms with Gasteiger partial charge in [-0.05, 0) is 82.4 Å². The van der Waals surface area contributed by atoms with E-state index >= 15 is 0 Å². The van der Waals surface area contributed by atoms with Crippen molar-refractivity contribution in [1.82, 2.24) is 30.7 Å². The zero-order chi connectivity index (χ0) is 38.2. The third-order valence-electron chi connectivity index (χ3n) is 10.5. The number of carbonyl (C=O) groups excluding carboxylic acids is 7. The van der Waals surface area contributed by atoms with Crippen LogP contribution in [0.4, 0.5) is 4.39 Å². The molecule has 1 unspecified atom stereocenters. The fourth-order valence-corrected chi connectivity index (χ4v) is 7.25. The summed E-state index contributed by atoms with van der Waals surface area (Å²) in [6.45, 7) is 2.78. The van der Waals surface area contributed by atoms with Crippen LogP contribution in [-0.2, 0) is 44.7 Å². The van der Waals surface area contributed by atoms with Gasteiger partial charge in [-0.2, -0.15) is 0 Å². The smallest absolute Gasteiger partial charge is 0.328 e. The van der Waals surface area contributed by atoms with Gasteiger partial charge in [0.05, 0.1) is 0 Å². The Balaban J connectivity index is 1.43. The molecule has 286 valence electrons. The van der Waals surface area contributed by atoms with Gasteiger partial charge in [-0.3, -0.25) is 28.8 Å². The molecular formula is C38H49FN6O8. The van der Waals surface area contributed by atoms with E-state index in [1.54, 1.807) is 12.1 Å². The van der Waals surface area contributed by atoms with Crippen LogP contribution in [0, 0.1) is 11.7 Å². The van der Waals surface area contributed by atoms with E-state index in [9.17, 15) is 38.0 Å². The Morgan fingerprint density at radius 2 is 1.66 bits per heavy atom. The van der Waals surface area contributed by atoms with Gasteiger partial charge in [0.25, 0.3) is 0 Å². The van der Waals surface area contributed by atoms with Gasteiger partial charge in [-0.1, -0.05) is 36.4 Å². The summed E-state index contributed by atoms with van der Waals surface area (Å²) in [5.74, 6) is -4.98. The van der Waals surface area contributed by atoms with Gasteiger partial charge >= 0.3 is 5.97 Å². The lowest BCUT2D eigenvalue weighted by molar-refractivity contribution is -0.158. The highest BCUT2D eigenvalue weighted by Crippen LogP contribution is 2.24. The van der Waals surface area contributed by atoms with Crippen molar-refractivity contribution in [3.05, 3.63) is 60.0 Å². The summed E-state index contributed by atoms with van der Waals surface area (Å²) in [4.78, 5) is 99.0. The molecule has 1 aromatic carbocycles. The third-order valence-corrected chi connectivity index (χ3v) is 10.5. The van der Waals surface area contributed by atoms with Crippen molar-refractivity contribution in [2.75, 3.05) is 26.7 Å². The number of nitrogens with zero attached hydrogens (tertiary/aromatic N) is 3. The molecule has 3 N–H and O–H groups in total. The Morgan fingerprint density at radius 1 is 0.962 bits per heavy atom. The molecule has 0 aromatic heterocycles. The van der Waals surface area contributed by atoms with E-state index in [2.05, 4.69) is 22.0 Å². The molecule has 3 heterocycles. The number of rotatable bonds is 7. The summed E-state index contributed by atoms with van der Waals surface area (Å²) >= 11 is 0. The molecular weight excluding hydrogens is 687 g/mol. The minimum atomic E-state index is -1.51. The van der Waals surface area contributed by atoms with E-state index in [-0.39, 0.29) is 37.4 Å². The second kappa shape index (κ2) is 17.6. The lowest BCUT2D eigenvalue weighted by atomic mass is 9.94. The number of hydrogen-bond acceptors (Lipinski definition) is 8. The number of benzene rings is 1. The van der Waals surface area contributed by atoms with E-state index in [1.165, 1.54) is 59.9 Å². The molecule has 53 heavy (non-hydrogen) atoms. The number of esters is 1. The summed E-state index contributed by atoms with van der Waals surface area (Å²) in [6, 6.07) is -0.996. The van der Waals surface area contributed by atoms with Crippen molar-refractivity contribution in [3.63, 3.8) is 0 Å². The van der Waals surface area contributed by atoms with Crippen LogP contribution < -0.4 is 16.0 Å². The van der Waals surface area contributed by atoms with Crippen molar-refractivity contribution in [2.45, 2.75) is 101 Å². The van der Waals surface area contributed by atoms with Crippen LogP contribution in [0.5, 0.6) is 0 Å². The van der Waals surface area contributed by atoms with E-state index in [1.807, 2.05) is 6.08 Å². The average Bonchev–Trinajstić information content (AvgIpc) is 3.85. The number of cyclic esters (lactones) is 1. The summed E-state index contributed by atoms with van der Waals surface area (Å²) in [7, 11) is 1.44. The van der Waals surface area contributed by atoms with Crippen LogP contribution in [0.15, 0.2) is 48.6 Å². The normalized spacial score (nSPS) is 28.0. The first-order valence-corrected chi connectivity index (χ1v) is 18.4. The van der Waals surface area contributed by atoms with Crippen molar-refractivity contribution >= 4 is 41.4 Å². The Morgan fingerprint density at radius 3 is 2.36 bits per heavy atom. The highest BCUT2D eigenvalue weighted by atomic mass is 19.1. The van der Waals surface area contributed by atoms with E-state index in [0.29, 0.717) is 19.3 Å². The molecule has 6 amide bonds. The fraction of sp³-hybridized carbons (Fsp3) is 0.553. The Labute approximate surface area is 308 Å². The molecule has 3 saturated heterocycles. The standard InChI is InChI=1S/C38H49FN6O8/c1-23-35(49)45-20-10-16-31(45)38(52)53-22-29(36(50)44-19-9-15-30(44)37(51)43(3)24(2)33(47)40-23)42-34(48)28(21-26-13-7-8-14-27(26)39)41-32(46)18-17-25-11-5-4-6-12-25/h4-5,7-8,13-14,17-18,23-25,28-31H,6,9-12,15-16,19-22H2,1-3H3,(H,40,47)(H,41,46)(H,42,48)/t23-,24-,25?,28-,29-,30-,31-/m0/s1. The van der Waals surface area contributed by atoms with E-state index < -0.39 is 90.1 Å². The van der Waals surface area contributed by atoms with Crippen LogP contribution in [0.3, 0.4) is 0 Å². The number of halogens is 1. The summed E-state index contributed by atoms with van der Waals surface area (Å²) in [6.07, 6.45) is 11.0. The fourth-order valence-electron chi connectivity index (χ4n) is 7.25. The summed E-state index contributed by atoms with van der Waals surface area (Å²) in [5, 5.41) is 7.92. The lowest BCUT2D eigenvalue weighted by Gasteiger charge is -2.34. The number of likely N-dealkylation sites (N-methyl/N-ethyl adjacent to an activating group) is 1. The van der Waals surface area contributed by atoms with Gasteiger partial charge in [-0.25, -0.2) is 9.18 Å². The highest BCUT2D eigenvalue weighted by molar-refractivity contribution is 5.98. The monoisotopic (exact) mass is 736 g/mol. The molecule has 3 aliphatic heterocycles. The van der Waals surface area contributed by atoms with Gasteiger partial charge in [0.2, 0.25) is 35.4 Å². The average molecular weight is 737 g/mol. The minimum Gasteiger partial charge on any atom is -0.461 e. The van der Waals surface area contributed by atoms with Gasteiger partial charge < -0.3 is 35.4 Å².